The summed E-state index contributed by atoms with van der Waals surface area (Å²) >= 11 is 0. The van der Waals surface area contributed by atoms with Gasteiger partial charge in [0.15, 0.2) is 0 Å². The summed E-state index contributed by atoms with van der Waals surface area (Å²) in [5.74, 6) is 6.58. The van der Waals surface area contributed by atoms with Gasteiger partial charge in [0.05, 0.1) is 0 Å². The summed E-state index contributed by atoms with van der Waals surface area (Å²) in [6.45, 7) is 24.2. The molecule has 0 rings (SSSR count). The molecule has 0 heterocycles. The van der Waals surface area contributed by atoms with Crippen LogP contribution in [0.5, 0.6) is 0 Å². The van der Waals surface area contributed by atoms with Gasteiger partial charge in [0.25, 0.3) is 0 Å². The van der Waals surface area contributed by atoms with Gasteiger partial charge >= 0.3 is 0 Å². The fraction of sp³-hybridized carbons (Fsp3) is 1.00. The van der Waals surface area contributed by atoms with Crippen LogP contribution < -0.4 is 0 Å². The third-order valence-electron chi connectivity index (χ3n) is 5.31. The van der Waals surface area contributed by atoms with Crippen molar-refractivity contribution < 1.29 is 0 Å². The van der Waals surface area contributed by atoms with E-state index in [1.807, 2.05) is 0 Å². The summed E-state index contributed by atoms with van der Waals surface area (Å²) < 4.78 is 0. The number of rotatable bonds is 8. The van der Waals surface area contributed by atoms with E-state index >= 15 is 0 Å². The molecule has 0 amide bonds. The van der Waals surface area contributed by atoms with Crippen LogP contribution in [0.15, 0.2) is 0 Å². The van der Waals surface area contributed by atoms with Crippen LogP contribution in [0.3, 0.4) is 0 Å². The van der Waals surface area contributed by atoms with E-state index in [2.05, 4.69) is 69.2 Å². The molecule has 0 radical (unpaired) electrons. The van der Waals surface area contributed by atoms with Gasteiger partial charge < -0.3 is 0 Å². The topological polar surface area (TPSA) is 0 Å². The standard InChI is InChI=1S/C19H40/c1-12(2)11-18(14(5)6)17(10)19(15(7)8)16(9)13(3)4/h12-19H,11H2,1-10H3. The van der Waals surface area contributed by atoms with Gasteiger partial charge in [0.1, 0.15) is 0 Å². The minimum Gasteiger partial charge on any atom is -0.0628 e. The molecule has 116 valence electrons. The first-order valence-electron chi connectivity index (χ1n) is 8.59. The molecule has 0 aliphatic rings. The summed E-state index contributed by atoms with van der Waals surface area (Å²) in [4.78, 5) is 0. The van der Waals surface area contributed by atoms with Crippen molar-refractivity contribution in [2.24, 2.45) is 47.3 Å². The lowest BCUT2D eigenvalue weighted by atomic mass is 9.64. The Balaban J connectivity index is 5.08. The second-order valence-corrected chi connectivity index (χ2v) is 8.32. The smallest absolute Gasteiger partial charge is 0.0334 e. The predicted octanol–water partition coefficient (Wildman–Crippen LogP) is 6.51. The van der Waals surface area contributed by atoms with E-state index in [9.17, 15) is 0 Å². The van der Waals surface area contributed by atoms with Crippen LogP contribution in [-0.2, 0) is 0 Å². The van der Waals surface area contributed by atoms with Gasteiger partial charge in [0, 0.05) is 0 Å². The molecule has 0 aliphatic heterocycles. The summed E-state index contributed by atoms with van der Waals surface area (Å²) in [7, 11) is 0. The molecule has 0 saturated heterocycles. The molecule has 0 aromatic heterocycles. The maximum Gasteiger partial charge on any atom is -0.0334 e. The van der Waals surface area contributed by atoms with Gasteiger partial charge in [-0.25, -0.2) is 0 Å². The van der Waals surface area contributed by atoms with Gasteiger partial charge in [-0.1, -0.05) is 69.2 Å². The highest BCUT2D eigenvalue weighted by atomic mass is 14.4. The summed E-state index contributed by atoms with van der Waals surface area (Å²) in [6, 6.07) is 0. The van der Waals surface area contributed by atoms with Crippen LogP contribution >= 0.6 is 0 Å². The lowest BCUT2D eigenvalue weighted by Crippen LogP contribution is -2.34. The minimum atomic E-state index is 0.792. The first-order chi connectivity index (χ1) is 8.59. The molecule has 0 aliphatic carbocycles. The molecular formula is C19H40. The largest absolute Gasteiger partial charge is 0.0628 e. The van der Waals surface area contributed by atoms with Crippen LogP contribution in [-0.4, -0.2) is 0 Å². The molecule has 0 fully saturated rings. The lowest BCUT2D eigenvalue weighted by Gasteiger charge is -2.41. The average Bonchev–Trinajstić information content (AvgIpc) is 2.24. The Kier molecular flexibility index (Phi) is 8.32. The Morgan fingerprint density at radius 3 is 1.26 bits per heavy atom. The molecule has 0 heteroatoms. The molecule has 4 unspecified atom stereocenters. The quantitative estimate of drug-likeness (QED) is 0.471. The second kappa shape index (κ2) is 8.32. The Morgan fingerprint density at radius 2 is 1.00 bits per heavy atom. The molecule has 0 aromatic carbocycles. The minimum absolute atomic E-state index is 0.792. The van der Waals surface area contributed by atoms with E-state index in [1.54, 1.807) is 0 Å². The van der Waals surface area contributed by atoms with Crippen LogP contribution in [0.4, 0.5) is 0 Å². The highest BCUT2D eigenvalue weighted by molar-refractivity contribution is 4.83. The maximum atomic E-state index is 2.52. The van der Waals surface area contributed by atoms with Crippen molar-refractivity contribution in [1.29, 1.82) is 0 Å². The molecule has 0 nitrogen and oxygen atoms in total. The predicted molar refractivity (Wildman–Crippen MR) is 89.3 cm³/mol. The van der Waals surface area contributed by atoms with Crippen LogP contribution in [0.25, 0.3) is 0 Å². The molecular weight excluding hydrogens is 228 g/mol. The zero-order valence-electron chi connectivity index (χ0n) is 15.3. The zero-order chi connectivity index (χ0) is 15.3. The molecule has 0 spiro atoms. The third kappa shape index (κ3) is 5.88. The maximum absolute atomic E-state index is 2.52. The van der Waals surface area contributed by atoms with Gasteiger partial charge in [-0.2, -0.15) is 0 Å². The molecule has 19 heavy (non-hydrogen) atoms. The van der Waals surface area contributed by atoms with Crippen LogP contribution in [0, 0.1) is 47.3 Å². The highest BCUT2D eigenvalue weighted by Gasteiger charge is 2.34. The van der Waals surface area contributed by atoms with Gasteiger partial charge in [-0.15, -0.1) is 0 Å². The summed E-state index contributed by atoms with van der Waals surface area (Å²) in [5.41, 5.74) is 0. The summed E-state index contributed by atoms with van der Waals surface area (Å²) in [5, 5.41) is 0. The Bertz CT molecular complexity index is 224. The Hall–Kier alpha value is 0. The van der Waals surface area contributed by atoms with Crippen molar-refractivity contribution >= 4 is 0 Å². The number of hydrogen-bond acceptors (Lipinski definition) is 0. The zero-order valence-corrected chi connectivity index (χ0v) is 15.3. The van der Waals surface area contributed by atoms with E-state index < -0.39 is 0 Å². The average molecular weight is 269 g/mol. The Labute approximate surface area is 123 Å². The van der Waals surface area contributed by atoms with Crippen molar-refractivity contribution in [2.45, 2.75) is 75.7 Å². The van der Waals surface area contributed by atoms with Crippen LogP contribution in [0.2, 0.25) is 0 Å². The van der Waals surface area contributed by atoms with Crippen molar-refractivity contribution in [3.8, 4) is 0 Å². The molecule has 0 bridgehead atoms. The van der Waals surface area contributed by atoms with E-state index in [1.165, 1.54) is 6.42 Å². The monoisotopic (exact) mass is 268 g/mol. The van der Waals surface area contributed by atoms with E-state index in [4.69, 9.17) is 0 Å². The van der Waals surface area contributed by atoms with Crippen LogP contribution in [0.1, 0.15) is 75.7 Å². The fourth-order valence-corrected chi connectivity index (χ4v) is 4.06. The second-order valence-electron chi connectivity index (χ2n) is 8.32. The Morgan fingerprint density at radius 1 is 0.526 bits per heavy atom. The van der Waals surface area contributed by atoms with E-state index in [0.29, 0.717) is 0 Å². The molecule has 0 aromatic rings. The normalized spacial score (nSPS) is 19.3. The van der Waals surface area contributed by atoms with Crippen molar-refractivity contribution in [3.63, 3.8) is 0 Å². The van der Waals surface area contributed by atoms with E-state index in [0.717, 1.165) is 47.3 Å². The molecule has 0 saturated carbocycles. The highest BCUT2D eigenvalue weighted by Crippen LogP contribution is 2.41. The summed E-state index contributed by atoms with van der Waals surface area (Å²) in [6.07, 6.45) is 1.38. The van der Waals surface area contributed by atoms with Gasteiger partial charge in [0.2, 0.25) is 0 Å². The van der Waals surface area contributed by atoms with Gasteiger partial charge in [-0.05, 0) is 53.8 Å². The van der Waals surface area contributed by atoms with Gasteiger partial charge in [-0.3, -0.25) is 0 Å². The lowest BCUT2D eigenvalue weighted by molar-refractivity contribution is 0.0764. The first kappa shape index (κ1) is 19.0. The first-order valence-corrected chi connectivity index (χ1v) is 8.59. The molecule has 0 N–H and O–H groups in total. The van der Waals surface area contributed by atoms with E-state index in [-0.39, 0.29) is 0 Å². The van der Waals surface area contributed by atoms with Crippen molar-refractivity contribution in [3.05, 3.63) is 0 Å². The van der Waals surface area contributed by atoms with Crippen molar-refractivity contribution in [2.75, 3.05) is 0 Å². The fourth-order valence-electron chi connectivity index (χ4n) is 4.06. The number of hydrogen-bond donors (Lipinski definition) is 0. The SMILES string of the molecule is CC(C)CC(C(C)C)C(C)C(C(C)C)C(C)C(C)C. The molecule has 4 atom stereocenters. The third-order valence-corrected chi connectivity index (χ3v) is 5.31. The van der Waals surface area contributed by atoms with Crippen molar-refractivity contribution in [1.82, 2.24) is 0 Å².